The van der Waals surface area contributed by atoms with E-state index in [0.29, 0.717) is 0 Å². The highest BCUT2D eigenvalue weighted by Crippen LogP contribution is 2.38. The van der Waals surface area contributed by atoms with Gasteiger partial charge in [0.15, 0.2) is 0 Å². The molecule has 3 heteroatoms. The van der Waals surface area contributed by atoms with E-state index in [1.54, 1.807) is 0 Å². The van der Waals surface area contributed by atoms with Gasteiger partial charge in [-0.2, -0.15) is 0 Å². The second-order valence-electron chi connectivity index (χ2n) is 5.44. The maximum absolute atomic E-state index is 12.1. The summed E-state index contributed by atoms with van der Waals surface area (Å²) in [7, 11) is 0. The van der Waals surface area contributed by atoms with Crippen LogP contribution in [0.1, 0.15) is 39.0 Å². The molecule has 2 heterocycles. The second-order valence-corrected chi connectivity index (χ2v) is 5.44. The topological polar surface area (TPSA) is 35.5 Å². The van der Waals surface area contributed by atoms with Crippen LogP contribution in [0.5, 0.6) is 0 Å². The number of esters is 1. The Hall–Kier alpha value is -0.830. The molecule has 0 aromatic heterocycles. The molecule has 0 N–H and O–H groups in total. The predicted molar refractivity (Wildman–Crippen MR) is 58.9 cm³/mol. The Morgan fingerprint density at radius 1 is 1.38 bits per heavy atom. The standard InChI is InChI=1S/C13H18O3/c1-13(6-2-3-7-13)16-12(14)10-8-9-4-5-11(10)15-9/h4-5,9-11H,2-3,6-8H2,1H3. The summed E-state index contributed by atoms with van der Waals surface area (Å²) in [5, 5.41) is 0. The maximum atomic E-state index is 12.1. The van der Waals surface area contributed by atoms with Gasteiger partial charge in [-0.05, 0) is 39.0 Å². The lowest BCUT2D eigenvalue weighted by Crippen LogP contribution is -2.34. The van der Waals surface area contributed by atoms with E-state index in [0.717, 1.165) is 19.3 Å². The average Bonchev–Trinajstić information content (AvgIpc) is 2.92. The normalized spacial score (nSPS) is 39.2. The molecule has 1 saturated carbocycles. The number of carbonyl (C=O) groups excluding carboxylic acids is 1. The van der Waals surface area contributed by atoms with Gasteiger partial charge in [-0.25, -0.2) is 0 Å². The molecule has 0 aromatic carbocycles. The molecular formula is C13H18O3. The minimum Gasteiger partial charge on any atom is -0.459 e. The molecule has 0 spiro atoms. The third-order valence-corrected chi connectivity index (χ3v) is 4.04. The van der Waals surface area contributed by atoms with E-state index in [2.05, 4.69) is 6.92 Å². The molecule has 3 unspecified atom stereocenters. The van der Waals surface area contributed by atoms with Gasteiger partial charge in [0.2, 0.25) is 0 Å². The van der Waals surface area contributed by atoms with Crippen LogP contribution in [0.3, 0.4) is 0 Å². The fraction of sp³-hybridized carbons (Fsp3) is 0.769. The fourth-order valence-corrected chi connectivity index (χ4v) is 3.05. The van der Waals surface area contributed by atoms with Gasteiger partial charge in [0, 0.05) is 0 Å². The quantitative estimate of drug-likeness (QED) is 0.531. The fourth-order valence-electron chi connectivity index (χ4n) is 3.05. The molecule has 1 aliphatic carbocycles. The summed E-state index contributed by atoms with van der Waals surface area (Å²) in [6.07, 6.45) is 9.35. The summed E-state index contributed by atoms with van der Waals surface area (Å²) in [4.78, 5) is 12.1. The van der Waals surface area contributed by atoms with Crippen LogP contribution in [0, 0.1) is 5.92 Å². The highest BCUT2D eigenvalue weighted by Gasteiger charge is 2.44. The Morgan fingerprint density at radius 3 is 2.69 bits per heavy atom. The summed E-state index contributed by atoms with van der Waals surface area (Å²) in [5.74, 6) is -0.117. The Balaban J connectivity index is 1.63. The van der Waals surface area contributed by atoms with Gasteiger partial charge in [-0.3, -0.25) is 4.79 Å². The molecule has 2 bridgehead atoms. The molecule has 0 amide bonds. The van der Waals surface area contributed by atoms with E-state index >= 15 is 0 Å². The number of ether oxygens (including phenoxy) is 2. The largest absolute Gasteiger partial charge is 0.459 e. The Morgan fingerprint density at radius 2 is 2.12 bits per heavy atom. The molecule has 16 heavy (non-hydrogen) atoms. The summed E-state index contributed by atoms with van der Waals surface area (Å²) < 4.78 is 11.3. The average molecular weight is 222 g/mol. The van der Waals surface area contributed by atoms with E-state index < -0.39 is 0 Å². The molecule has 2 aliphatic heterocycles. The molecule has 1 saturated heterocycles. The highest BCUT2D eigenvalue weighted by atomic mass is 16.6. The highest BCUT2D eigenvalue weighted by molar-refractivity contribution is 5.75. The van der Waals surface area contributed by atoms with Crippen LogP contribution in [0.4, 0.5) is 0 Å². The number of carbonyl (C=O) groups is 1. The zero-order chi connectivity index (χ0) is 11.2. The van der Waals surface area contributed by atoms with Crippen molar-refractivity contribution in [3.8, 4) is 0 Å². The summed E-state index contributed by atoms with van der Waals surface area (Å²) in [6, 6.07) is 0. The number of hydrogen-bond donors (Lipinski definition) is 0. The van der Waals surface area contributed by atoms with Crippen molar-refractivity contribution in [3.63, 3.8) is 0 Å². The predicted octanol–water partition coefficient (Wildman–Crippen LogP) is 2.21. The molecule has 0 aromatic rings. The van der Waals surface area contributed by atoms with Crippen molar-refractivity contribution in [1.82, 2.24) is 0 Å². The van der Waals surface area contributed by atoms with Gasteiger partial charge in [-0.1, -0.05) is 12.2 Å². The Kier molecular flexibility index (Phi) is 2.32. The molecule has 3 rings (SSSR count). The smallest absolute Gasteiger partial charge is 0.312 e. The van der Waals surface area contributed by atoms with Crippen LogP contribution >= 0.6 is 0 Å². The van der Waals surface area contributed by atoms with E-state index in [-0.39, 0.29) is 29.7 Å². The van der Waals surface area contributed by atoms with E-state index in [9.17, 15) is 4.79 Å². The van der Waals surface area contributed by atoms with Crippen molar-refractivity contribution < 1.29 is 14.3 Å². The number of fused-ring (bicyclic) bond motifs is 2. The van der Waals surface area contributed by atoms with E-state index in [1.807, 2.05) is 12.2 Å². The van der Waals surface area contributed by atoms with Crippen molar-refractivity contribution in [3.05, 3.63) is 12.2 Å². The number of hydrogen-bond acceptors (Lipinski definition) is 3. The Labute approximate surface area is 95.8 Å². The SMILES string of the molecule is CC1(OC(=O)C2CC3C=CC2O3)CCCC1. The lowest BCUT2D eigenvalue weighted by atomic mass is 9.94. The number of rotatable bonds is 2. The van der Waals surface area contributed by atoms with Crippen molar-refractivity contribution >= 4 is 5.97 Å². The van der Waals surface area contributed by atoms with Crippen molar-refractivity contribution in [2.45, 2.75) is 56.8 Å². The molecular weight excluding hydrogens is 204 g/mol. The first-order chi connectivity index (χ1) is 7.66. The van der Waals surface area contributed by atoms with Crippen LogP contribution in [0.25, 0.3) is 0 Å². The third-order valence-electron chi connectivity index (χ3n) is 4.04. The first-order valence-electron chi connectivity index (χ1n) is 6.23. The van der Waals surface area contributed by atoms with Crippen LogP contribution in [0.15, 0.2) is 12.2 Å². The molecule has 2 fully saturated rings. The van der Waals surface area contributed by atoms with Crippen LogP contribution < -0.4 is 0 Å². The van der Waals surface area contributed by atoms with Crippen molar-refractivity contribution in [2.75, 3.05) is 0 Å². The lowest BCUT2D eigenvalue weighted by molar-refractivity contribution is -0.163. The van der Waals surface area contributed by atoms with Gasteiger partial charge in [-0.15, -0.1) is 0 Å². The molecule has 3 aliphatic rings. The molecule has 3 nitrogen and oxygen atoms in total. The van der Waals surface area contributed by atoms with Crippen molar-refractivity contribution in [1.29, 1.82) is 0 Å². The zero-order valence-corrected chi connectivity index (χ0v) is 9.65. The van der Waals surface area contributed by atoms with Gasteiger partial charge in [0.05, 0.1) is 18.1 Å². The third kappa shape index (κ3) is 1.67. The second kappa shape index (κ2) is 3.59. The minimum absolute atomic E-state index is 0.0255. The first-order valence-corrected chi connectivity index (χ1v) is 6.23. The first kappa shape index (κ1) is 10.3. The summed E-state index contributed by atoms with van der Waals surface area (Å²) in [6.45, 7) is 2.06. The molecule has 0 radical (unpaired) electrons. The molecule has 3 atom stereocenters. The maximum Gasteiger partial charge on any atom is 0.312 e. The van der Waals surface area contributed by atoms with E-state index in [1.165, 1.54) is 12.8 Å². The van der Waals surface area contributed by atoms with Crippen LogP contribution in [0.2, 0.25) is 0 Å². The van der Waals surface area contributed by atoms with Gasteiger partial charge < -0.3 is 9.47 Å². The Bertz CT molecular complexity index is 328. The summed E-state index contributed by atoms with van der Waals surface area (Å²) >= 11 is 0. The summed E-state index contributed by atoms with van der Waals surface area (Å²) in [5.41, 5.74) is -0.206. The van der Waals surface area contributed by atoms with Crippen molar-refractivity contribution in [2.24, 2.45) is 5.92 Å². The zero-order valence-electron chi connectivity index (χ0n) is 9.65. The van der Waals surface area contributed by atoms with Crippen LogP contribution in [-0.4, -0.2) is 23.8 Å². The monoisotopic (exact) mass is 222 g/mol. The van der Waals surface area contributed by atoms with Gasteiger partial charge in [0.25, 0.3) is 0 Å². The lowest BCUT2D eigenvalue weighted by Gasteiger charge is -2.26. The minimum atomic E-state index is -0.206. The van der Waals surface area contributed by atoms with Gasteiger partial charge >= 0.3 is 5.97 Å². The van der Waals surface area contributed by atoms with Gasteiger partial charge in [0.1, 0.15) is 5.60 Å². The van der Waals surface area contributed by atoms with Crippen LogP contribution in [-0.2, 0) is 14.3 Å². The van der Waals surface area contributed by atoms with E-state index in [4.69, 9.17) is 9.47 Å². The molecule has 88 valence electrons.